The van der Waals surface area contributed by atoms with Gasteiger partial charge in [-0.1, -0.05) is 19.1 Å². The maximum atomic E-state index is 12.3. The van der Waals surface area contributed by atoms with E-state index in [-0.39, 0.29) is 17.9 Å². The summed E-state index contributed by atoms with van der Waals surface area (Å²) in [5.41, 5.74) is 2.01. The number of nitrogens with one attached hydrogen (secondary N) is 2. The average Bonchev–Trinajstić information content (AvgIpc) is 3.00. The molecule has 4 nitrogen and oxygen atoms in total. The Labute approximate surface area is 134 Å². The second-order valence-electron chi connectivity index (χ2n) is 5.18. The predicted octanol–water partition coefficient (Wildman–Crippen LogP) is 3.46. The molecule has 2 amide bonds. The van der Waals surface area contributed by atoms with Crippen LogP contribution < -0.4 is 10.6 Å². The molecule has 0 aliphatic rings. The molecule has 2 N–H and O–H groups in total. The number of rotatable bonds is 6. The summed E-state index contributed by atoms with van der Waals surface area (Å²) >= 11 is 1.56. The minimum atomic E-state index is -0.166. The third-order valence-corrected chi connectivity index (χ3v) is 4.11. The molecule has 0 saturated heterocycles. The number of thiophene rings is 1. The smallest absolute Gasteiger partial charge is 0.253 e. The van der Waals surface area contributed by atoms with Gasteiger partial charge in [0.15, 0.2) is 0 Å². The lowest BCUT2D eigenvalue weighted by Gasteiger charge is -2.14. The van der Waals surface area contributed by atoms with E-state index in [1.165, 1.54) is 0 Å². The number of hydrogen-bond acceptors (Lipinski definition) is 3. The second kappa shape index (κ2) is 7.75. The van der Waals surface area contributed by atoms with Crippen molar-refractivity contribution in [2.24, 2.45) is 0 Å². The third kappa shape index (κ3) is 4.43. The van der Waals surface area contributed by atoms with Gasteiger partial charge >= 0.3 is 0 Å². The fourth-order valence-electron chi connectivity index (χ4n) is 1.97. The van der Waals surface area contributed by atoms with Crippen molar-refractivity contribution in [1.29, 1.82) is 0 Å². The average molecular weight is 316 g/mol. The first-order valence-electron chi connectivity index (χ1n) is 7.31. The van der Waals surface area contributed by atoms with Crippen LogP contribution in [0.2, 0.25) is 0 Å². The molecule has 0 bridgehead atoms. The zero-order valence-electron chi connectivity index (χ0n) is 12.8. The summed E-state index contributed by atoms with van der Waals surface area (Å²) < 4.78 is 0. The molecule has 1 unspecified atom stereocenters. The molecule has 22 heavy (non-hydrogen) atoms. The summed E-state index contributed by atoms with van der Waals surface area (Å²) in [6.45, 7) is 3.97. The van der Waals surface area contributed by atoms with Crippen molar-refractivity contribution in [2.45, 2.75) is 32.7 Å². The number of anilines is 1. The predicted molar refractivity (Wildman–Crippen MR) is 90.3 cm³/mol. The Balaban J connectivity index is 2.07. The van der Waals surface area contributed by atoms with E-state index in [1.807, 2.05) is 30.7 Å². The van der Waals surface area contributed by atoms with Crippen molar-refractivity contribution in [3.05, 3.63) is 52.2 Å². The van der Waals surface area contributed by atoms with Crippen LogP contribution in [0.5, 0.6) is 0 Å². The number of benzene rings is 1. The zero-order valence-corrected chi connectivity index (χ0v) is 13.6. The molecule has 0 spiro atoms. The van der Waals surface area contributed by atoms with Crippen molar-refractivity contribution >= 4 is 28.8 Å². The van der Waals surface area contributed by atoms with Crippen LogP contribution in [0.15, 0.2) is 41.1 Å². The van der Waals surface area contributed by atoms with Gasteiger partial charge in [0, 0.05) is 6.04 Å². The Morgan fingerprint density at radius 2 is 2.00 bits per heavy atom. The second-order valence-corrected chi connectivity index (χ2v) is 5.96. The van der Waals surface area contributed by atoms with E-state index in [0.717, 1.165) is 12.0 Å². The van der Waals surface area contributed by atoms with Gasteiger partial charge in [-0.2, -0.15) is 11.3 Å². The Kier molecular flexibility index (Phi) is 5.72. The zero-order chi connectivity index (χ0) is 15.9. The molecule has 0 aliphatic heterocycles. The first-order chi connectivity index (χ1) is 10.6. The van der Waals surface area contributed by atoms with Gasteiger partial charge in [0.2, 0.25) is 5.91 Å². The van der Waals surface area contributed by atoms with Crippen molar-refractivity contribution in [2.75, 3.05) is 5.32 Å². The number of amides is 2. The molecule has 1 atom stereocenters. The molecule has 2 aromatic rings. The molecule has 0 saturated carbocycles. The largest absolute Gasteiger partial charge is 0.350 e. The van der Waals surface area contributed by atoms with Crippen LogP contribution in [0.3, 0.4) is 0 Å². The Hall–Kier alpha value is -2.14. The highest BCUT2D eigenvalue weighted by Crippen LogP contribution is 2.16. The van der Waals surface area contributed by atoms with Gasteiger partial charge in [0.1, 0.15) is 0 Å². The molecule has 1 aromatic carbocycles. The lowest BCUT2D eigenvalue weighted by Crippen LogP contribution is -2.32. The van der Waals surface area contributed by atoms with Gasteiger partial charge in [0.05, 0.1) is 17.7 Å². The molecule has 1 aromatic heterocycles. The third-order valence-electron chi connectivity index (χ3n) is 3.38. The normalized spacial score (nSPS) is 11.7. The van der Waals surface area contributed by atoms with Gasteiger partial charge in [0.25, 0.3) is 5.91 Å². The number of carbonyl (C=O) groups excluding carboxylic acids is 2. The van der Waals surface area contributed by atoms with E-state index in [4.69, 9.17) is 0 Å². The van der Waals surface area contributed by atoms with Crippen LogP contribution in [0.1, 0.15) is 36.2 Å². The minimum absolute atomic E-state index is 0.0991. The fraction of sp³-hybridized carbons (Fsp3) is 0.294. The Bertz CT molecular complexity index is 638. The standard InChI is InChI=1S/C17H20N2O2S/c1-3-12(2)18-17(21)14-6-4-5-7-15(14)19-16(20)10-13-8-9-22-11-13/h4-9,11-12H,3,10H2,1-2H3,(H,18,21)(H,19,20). The monoisotopic (exact) mass is 316 g/mol. The lowest BCUT2D eigenvalue weighted by molar-refractivity contribution is -0.115. The maximum Gasteiger partial charge on any atom is 0.253 e. The Morgan fingerprint density at radius 1 is 1.23 bits per heavy atom. The van der Waals surface area contributed by atoms with Crippen LogP contribution >= 0.6 is 11.3 Å². The van der Waals surface area contributed by atoms with Gasteiger partial charge in [-0.15, -0.1) is 0 Å². The summed E-state index contributed by atoms with van der Waals surface area (Å²) in [6.07, 6.45) is 1.17. The summed E-state index contributed by atoms with van der Waals surface area (Å²) in [4.78, 5) is 24.4. The summed E-state index contributed by atoms with van der Waals surface area (Å²) in [7, 11) is 0. The minimum Gasteiger partial charge on any atom is -0.350 e. The molecule has 0 radical (unpaired) electrons. The Morgan fingerprint density at radius 3 is 2.68 bits per heavy atom. The van der Waals surface area contributed by atoms with Crippen molar-refractivity contribution in [3.63, 3.8) is 0 Å². The summed E-state index contributed by atoms with van der Waals surface area (Å²) in [5, 5.41) is 9.63. The maximum absolute atomic E-state index is 12.3. The summed E-state index contributed by atoms with van der Waals surface area (Å²) in [6, 6.07) is 9.09. The molecule has 0 fully saturated rings. The van der Waals surface area contributed by atoms with E-state index < -0.39 is 0 Å². The fourth-order valence-corrected chi connectivity index (χ4v) is 2.64. The first-order valence-corrected chi connectivity index (χ1v) is 8.25. The molecule has 5 heteroatoms. The number of para-hydroxylation sites is 1. The van der Waals surface area contributed by atoms with E-state index in [2.05, 4.69) is 10.6 Å². The van der Waals surface area contributed by atoms with E-state index in [1.54, 1.807) is 35.6 Å². The van der Waals surface area contributed by atoms with Gasteiger partial charge in [-0.25, -0.2) is 0 Å². The molecule has 2 rings (SSSR count). The van der Waals surface area contributed by atoms with E-state index in [9.17, 15) is 9.59 Å². The highest BCUT2D eigenvalue weighted by molar-refractivity contribution is 7.08. The molecule has 1 heterocycles. The number of hydrogen-bond donors (Lipinski definition) is 2. The van der Waals surface area contributed by atoms with Crippen molar-refractivity contribution in [1.82, 2.24) is 5.32 Å². The van der Waals surface area contributed by atoms with Crippen LogP contribution in [-0.4, -0.2) is 17.9 Å². The molecular formula is C17H20N2O2S. The molecular weight excluding hydrogens is 296 g/mol. The van der Waals surface area contributed by atoms with Crippen LogP contribution in [-0.2, 0) is 11.2 Å². The van der Waals surface area contributed by atoms with Gasteiger partial charge < -0.3 is 10.6 Å². The van der Waals surface area contributed by atoms with Crippen LogP contribution in [0.25, 0.3) is 0 Å². The summed E-state index contributed by atoms with van der Waals surface area (Å²) in [5.74, 6) is -0.289. The van der Waals surface area contributed by atoms with E-state index in [0.29, 0.717) is 17.7 Å². The van der Waals surface area contributed by atoms with Gasteiger partial charge in [-0.05, 0) is 47.9 Å². The van der Waals surface area contributed by atoms with Gasteiger partial charge in [-0.3, -0.25) is 9.59 Å². The van der Waals surface area contributed by atoms with Crippen molar-refractivity contribution < 1.29 is 9.59 Å². The lowest BCUT2D eigenvalue weighted by atomic mass is 10.1. The van der Waals surface area contributed by atoms with E-state index >= 15 is 0 Å². The molecule has 116 valence electrons. The highest BCUT2D eigenvalue weighted by atomic mass is 32.1. The topological polar surface area (TPSA) is 58.2 Å². The van der Waals surface area contributed by atoms with Crippen LogP contribution in [0.4, 0.5) is 5.69 Å². The highest BCUT2D eigenvalue weighted by Gasteiger charge is 2.14. The van der Waals surface area contributed by atoms with Crippen molar-refractivity contribution in [3.8, 4) is 0 Å². The van der Waals surface area contributed by atoms with Crippen LogP contribution in [0, 0.1) is 0 Å². The number of carbonyl (C=O) groups is 2. The SMILES string of the molecule is CCC(C)NC(=O)c1ccccc1NC(=O)Cc1ccsc1. The quantitative estimate of drug-likeness (QED) is 0.857. The molecule has 0 aliphatic carbocycles. The first kappa shape index (κ1) is 16.2.